The van der Waals surface area contributed by atoms with Gasteiger partial charge in [0.2, 0.25) is 0 Å². The minimum Gasteiger partial charge on any atom is -0.492 e. The van der Waals surface area contributed by atoms with Crippen molar-refractivity contribution in [2.75, 3.05) is 20.7 Å². The van der Waals surface area contributed by atoms with E-state index < -0.39 is 0 Å². The summed E-state index contributed by atoms with van der Waals surface area (Å²) in [5.41, 5.74) is 1.11. The van der Waals surface area contributed by atoms with Gasteiger partial charge in [-0.15, -0.1) is 0 Å². The molecule has 0 aromatic heterocycles. The summed E-state index contributed by atoms with van der Waals surface area (Å²) in [7, 11) is 4.01. The van der Waals surface area contributed by atoms with E-state index in [9.17, 15) is 0 Å². The van der Waals surface area contributed by atoms with Gasteiger partial charge in [-0.3, -0.25) is 0 Å². The molecular weight excluding hydrogens is 248 g/mol. The van der Waals surface area contributed by atoms with Crippen molar-refractivity contribution >= 4 is 11.6 Å². The molecule has 18 heavy (non-hydrogen) atoms. The van der Waals surface area contributed by atoms with E-state index in [1.165, 1.54) is 0 Å². The minimum absolute atomic E-state index is 0.206. The average Bonchev–Trinajstić information content (AvgIpc) is 2.32. The minimum atomic E-state index is 0.206. The van der Waals surface area contributed by atoms with Crippen LogP contribution in [0.5, 0.6) is 5.75 Å². The maximum absolute atomic E-state index is 8.70. The smallest absolute Gasteiger partial charge is 0.137 e. The highest BCUT2D eigenvalue weighted by molar-refractivity contribution is 6.32. The van der Waals surface area contributed by atoms with Crippen molar-refractivity contribution in [1.29, 1.82) is 5.26 Å². The maximum atomic E-state index is 8.70. The van der Waals surface area contributed by atoms with E-state index >= 15 is 0 Å². The monoisotopic (exact) mass is 266 g/mol. The molecule has 3 nitrogen and oxygen atoms in total. The third kappa shape index (κ3) is 3.90. The van der Waals surface area contributed by atoms with Crippen LogP contribution in [0.1, 0.15) is 31.4 Å². The van der Waals surface area contributed by atoms with Crippen molar-refractivity contribution in [2.24, 2.45) is 0 Å². The van der Waals surface area contributed by atoms with Crippen LogP contribution < -0.4 is 4.74 Å². The Morgan fingerprint density at radius 2 is 2.17 bits per heavy atom. The Bertz CT molecular complexity index is 426. The number of benzene rings is 1. The number of hydrogen-bond acceptors (Lipinski definition) is 3. The van der Waals surface area contributed by atoms with Gasteiger partial charge >= 0.3 is 0 Å². The highest BCUT2D eigenvalue weighted by atomic mass is 35.5. The van der Waals surface area contributed by atoms with Gasteiger partial charge < -0.3 is 9.64 Å². The van der Waals surface area contributed by atoms with Crippen molar-refractivity contribution < 1.29 is 4.74 Å². The molecule has 0 heterocycles. The van der Waals surface area contributed by atoms with Gasteiger partial charge in [0.15, 0.2) is 0 Å². The number of nitrogens with zero attached hydrogens (tertiary/aromatic N) is 2. The van der Waals surface area contributed by atoms with Crippen LogP contribution in [-0.4, -0.2) is 25.6 Å². The Balaban J connectivity index is 2.92. The molecule has 0 amide bonds. The molecule has 0 aliphatic rings. The van der Waals surface area contributed by atoms with Crippen LogP contribution in [0.25, 0.3) is 0 Å². The number of hydrogen-bond donors (Lipinski definition) is 0. The fourth-order valence-electron chi connectivity index (χ4n) is 1.92. The van der Waals surface area contributed by atoms with Crippen molar-refractivity contribution in [3.8, 4) is 11.8 Å². The second-order valence-corrected chi connectivity index (χ2v) is 4.71. The topological polar surface area (TPSA) is 36.3 Å². The van der Waals surface area contributed by atoms with E-state index in [0.29, 0.717) is 23.8 Å². The maximum Gasteiger partial charge on any atom is 0.137 e. The van der Waals surface area contributed by atoms with Gasteiger partial charge in [-0.1, -0.05) is 17.7 Å². The molecule has 0 N–H and O–H groups in total. The molecule has 0 aliphatic heterocycles. The summed E-state index contributed by atoms with van der Waals surface area (Å²) in [5, 5.41) is 9.32. The first-order valence-corrected chi connectivity index (χ1v) is 6.43. The molecule has 1 rings (SSSR count). The van der Waals surface area contributed by atoms with Gasteiger partial charge in [0.25, 0.3) is 0 Å². The first kappa shape index (κ1) is 14.8. The zero-order valence-electron chi connectivity index (χ0n) is 11.1. The molecule has 0 saturated carbocycles. The van der Waals surface area contributed by atoms with E-state index in [-0.39, 0.29) is 6.04 Å². The van der Waals surface area contributed by atoms with Crippen LogP contribution in [0.15, 0.2) is 18.2 Å². The fraction of sp³-hybridized carbons (Fsp3) is 0.500. The van der Waals surface area contributed by atoms with E-state index in [2.05, 4.69) is 11.0 Å². The van der Waals surface area contributed by atoms with Crippen LogP contribution in [0.3, 0.4) is 0 Å². The van der Waals surface area contributed by atoms with Gasteiger partial charge in [-0.25, -0.2) is 0 Å². The molecule has 0 spiro atoms. The Hall–Kier alpha value is -1.24. The summed E-state index contributed by atoms with van der Waals surface area (Å²) >= 11 is 6.18. The number of rotatable bonds is 6. The number of nitriles is 1. The molecule has 0 aliphatic carbocycles. The van der Waals surface area contributed by atoms with E-state index in [1.54, 1.807) is 0 Å². The van der Waals surface area contributed by atoms with Crippen LogP contribution in [-0.2, 0) is 0 Å². The second kappa shape index (κ2) is 7.25. The molecule has 0 radical (unpaired) electrons. The SMILES string of the molecule is CCOc1ccc(C(CCC#N)N(C)C)cc1Cl. The third-order valence-electron chi connectivity index (χ3n) is 2.79. The lowest BCUT2D eigenvalue weighted by Crippen LogP contribution is -2.19. The zero-order chi connectivity index (χ0) is 13.5. The molecule has 0 fully saturated rings. The number of ether oxygens (including phenoxy) is 1. The lowest BCUT2D eigenvalue weighted by Gasteiger charge is -2.24. The molecular formula is C14H19ClN2O. The summed E-state index contributed by atoms with van der Waals surface area (Å²) in [6.07, 6.45) is 1.33. The number of halogens is 1. The van der Waals surface area contributed by atoms with Crippen molar-refractivity contribution in [3.63, 3.8) is 0 Å². The molecule has 1 unspecified atom stereocenters. The fourth-order valence-corrected chi connectivity index (χ4v) is 2.16. The Labute approximate surface area is 114 Å². The molecule has 0 bridgehead atoms. The van der Waals surface area contributed by atoms with E-state index in [0.717, 1.165) is 12.0 Å². The van der Waals surface area contributed by atoms with Gasteiger partial charge in [0.05, 0.1) is 17.7 Å². The van der Waals surface area contributed by atoms with Crippen LogP contribution in [0.4, 0.5) is 0 Å². The van der Waals surface area contributed by atoms with E-state index in [1.807, 2.05) is 39.2 Å². The molecule has 1 atom stereocenters. The first-order valence-electron chi connectivity index (χ1n) is 6.05. The van der Waals surface area contributed by atoms with Gasteiger partial charge in [-0.05, 0) is 45.1 Å². The largest absolute Gasteiger partial charge is 0.492 e. The average molecular weight is 267 g/mol. The standard InChI is InChI=1S/C14H19ClN2O/c1-4-18-14-8-7-11(10-12(14)15)13(17(2)3)6-5-9-16/h7-8,10,13H,4-6H2,1-3H3. The quantitative estimate of drug-likeness (QED) is 0.789. The summed E-state index contributed by atoms with van der Waals surface area (Å²) in [5.74, 6) is 0.709. The van der Waals surface area contributed by atoms with Crippen molar-refractivity contribution in [2.45, 2.75) is 25.8 Å². The predicted molar refractivity (Wildman–Crippen MR) is 73.9 cm³/mol. The highest BCUT2D eigenvalue weighted by Gasteiger charge is 2.15. The van der Waals surface area contributed by atoms with Gasteiger partial charge in [0.1, 0.15) is 5.75 Å². The third-order valence-corrected chi connectivity index (χ3v) is 3.09. The van der Waals surface area contributed by atoms with Crippen LogP contribution >= 0.6 is 11.6 Å². The molecule has 1 aromatic carbocycles. The summed E-state index contributed by atoms with van der Waals surface area (Å²) in [6.45, 7) is 2.53. The van der Waals surface area contributed by atoms with Crippen LogP contribution in [0, 0.1) is 11.3 Å². The van der Waals surface area contributed by atoms with Gasteiger partial charge in [-0.2, -0.15) is 5.26 Å². The Kier molecular flexibility index (Phi) is 5.97. The van der Waals surface area contributed by atoms with Gasteiger partial charge in [0, 0.05) is 12.5 Å². The normalized spacial score (nSPS) is 12.2. The lowest BCUT2D eigenvalue weighted by molar-refractivity contribution is 0.285. The van der Waals surface area contributed by atoms with E-state index in [4.69, 9.17) is 21.6 Å². The van der Waals surface area contributed by atoms with Crippen molar-refractivity contribution in [3.05, 3.63) is 28.8 Å². The zero-order valence-corrected chi connectivity index (χ0v) is 11.9. The molecule has 1 aromatic rings. The summed E-state index contributed by atoms with van der Waals surface area (Å²) in [4.78, 5) is 2.10. The Morgan fingerprint density at radius 1 is 1.44 bits per heavy atom. The second-order valence-electron chi connectivity index (χ2n) is 4.30. The summed E-state index contributed by atoms with van der Waals surface area (Å²) < 4.78 is 5.42. The molecule has 4 heteroatoms. The summed E-state index contributed by atoms with van der Waals surface area (Å²) in [6, 6.07) is 8.22. The molecule has 98 valence electrons. The Morgan fingerprint density at radius 3 is 2.67 bits per heavy atom. The highest BCUT2D eigenvalue weighted by Crippen LogP contribution is 2.31. The van der Waals surface area contributed by atoms with Crippen molar-refractivity contribution in [1.82, 2.24) is 4.90 Å². The first-order chi connectivity index (χ1) is 8.60. The predicted octanol–water partition coefficient (Wildman–Crippen LogP) is 3.65. The lowest BCUT2D eigenvalue weighted by atomic mass is 10.0. The molecule has 0 saturated heterocycles. The van der Waals surface area contributed by atoms with Crippen LogP contribution in [0.2, 0.25) is 5.02 Å².